The van der Waals surface area contributed by atoms with Crippen LogP contribution in [0.4, 0.5) is 5.69 Å². The average Bonchev–Trinajstić information content (AvgIpc) is 3.37. The van der Waals surface area contributed by atoms with Crippen LogP contribution in [0.25, 0.3) is 0 Å². The Bertz CT molecular complexity index is 1020. The molecule has 9 heteroatoms. The number of esters is 1. The van der Waals surface area contributed by atoms with E-state index >= 15 is 0 Å². The van der Waals surface area contributed by atoms with E-state index in [4.69, 9.17) is 4.74 Å². The second-order valence-corrected chi connectivity index (χ2v) is 8.44. The van der Waals surface area contributed by atoms with Crippen molar-refractivity contribution in [2.45, 2.75) is 44.6 Å². The van der Waals surface area contributed by atoms with Crippen LogP contribution in [-0.4, -0.2) is 37.9 Å². The fourth-order valence-electron chi connectivity index (χ4n) is 2.91. The van der Waals surface area contributed by atoms with E-state index < -0.39 is 21.9 Å². The van der Waals surface area contributed by atoms with Gasteiger partial charge < -0.3 is 15.0 Å². The molecule has 0 saturated heterocycles. The van der Waals surface area contributed by atoms with Crippen molar-refractivity contribution in [3.63, 3.8) is 0 Å². The van der Waals surface area contributed by atoms with Crippen molar-refractivity contribution in [1.82, 2.24) is 9.71 Å². The highest BCUT2D eigenvalue weighted by molar-refractivity contribution is 7.89. The lowest BCUT2D eigenvalue weighted by Gasteiger charge is -2.09. The number of amides is 1. The number of H-pyrrole nitrogens is 1. The number of ether oxygens (including phenoxy) is 1. The van der Waals surface area contributed by atoms with Gasteiger partial charge in [-0.15, -0.1) is 0 Å². The van der Waals surface area contributed by atoms with Gasteiger partial charge in [-0.3, -0.25) is 4.79 Å². The number of anilines is 1. The molecule has 0 spiro atoms. The monoisotopic (exact) mass is 405 g/mol. The summed E-state index contributed by atoms with van der Waals surface area (Å²) in [5.74, 6) is -0.965. The summed E-state index contributed by atoms with van der Waals surface area (Å²) in [6.45, 7) is 5.29. The van der Waals surface area contributed by atoms with Gasteiger partial charge in [0.25, 0.3) is 5.91 Å². The fraction of sp³-hybridized carbons (Fsp3) is 0.368. The molecular formula is C19H23N3O5S. The van der Waals surface area contributed by atoms with Crippen molar-refractivity contribution >= 4 is 27.6 Å². The van der Waals surface area contributed by atoms with Crippen molar-refractivity contribution < 1.29 is 22.7 Å². The number of carbonyl (C=O) groups is 2. The number of sulfonamides is 1. The van der Waals surface area contributed by atoms with Gasteiger partial charge in [0, 0.05) is 17.4 Å². The minimum absolute atomic E-state index is 0.00547. The average molecular weight is 405 g/mol. The van der Waals surface area contributed by atoms with Crippen LogP contribution in [0, 0.1) is 13.8 Å². The standard InChI is InChI=1S/C19H23N3O5S/c1-4-27-19(24)16-11(2)17(20-12(16)3)18(23)21-14-6-5-7-15(10-14)28(25,26)22-13-8-9-13/h5-7,10,13,20,22H,4,8-9H2,1-3H3,(H,21,23). The first-order valence-electron chi connectivity index (χ1n) is 9.03. The molecule has 0 unspecified atom stereocenters. The molecule has 1 aliphatic rings. The van der Waals surface area contributed by atoms with Crippen molar-refractivity contribution in [2.75, 3.05) is 11.9 Å². The molecule has 0 radical (unpaired) electrons. The van der Waals surface area contributed by atoms with Crippen LogP contribution in [0.3, 0.4) is 0 Å². The van der Waals surface area contributed by atoms with Crippen molar-refractivity contribution in [2.24, 2.45) is 0 Å². The summed E-state index contributed by atoms with van der Waals surface area (Å²) < 4.78 is 32.3. The van der Waals surface area contributed by atoms with Crippen LogP contribution in [-0.2, 0) is 14.8 Å². The Morgan fingerprint density at radius 3 is 2.61 bits per heavy atom. The molecule has 1 aliphatic carbocycles. The minimum Gasteiger partial charge on any atom is -0.462 e. The van der Waals surface area contributed by atoms with Crippen molar-refractivity contribution in [3.05, 3.63) is 46.8 Å². The fourth-order valence-corrected chi connectivity index (χ4v) is 4.26. The van der Waals surface area contributed by atoms with E-state index in [0.717, 1.165) is 12.8 Å². The summed E-state index contributed by atoms with van der Waals surface area (Å²) in [6.07, 6.45) is 1.67. The lowest BCUT2D eigenvalue weighted by atomic mass is 10.1. The van der Waals surface area contributed by atoms with Gasteiger partial charge >= 0.3 is 5.97 Å². The molecule has 1 heterocycles. The second kappa shape index (κ2) is 7.76. The van der Waals surface area contributed by atoms with Crippen LogP contribution < -0.4 is 10.0 Å². The molecule has 0 aliphatic heterocycles. The highest BCUT2D eigenvalue weighted by atomic mass is 32.2. The number of nitrogens with one attached hydrogen (secondary N) is 3. The van der Waals surface area contributed by atoms with Gasteiger partial charge in [-0.25, -0.2) is 17.9 Å². The summed E-state index contributed by atoms with van der Waals surface area (Å²) >= 11 is 0. The van der Waals surface area contributed by atoms with Crippen LogP contribution in [0.5, 0.6) is 0 Å². The maximum absolute atomic E-state index is 12.7. The van der Waals surface area contributed by atoms with E-state index in [2.05, 4.69) is 15.0 Å². The lowest BCUT2D eigenvalue weighted by molar-refractivity contribution is 0.0525. The third-order valence-electron chi connectivity index (χ3n) is 4.45. The van der Waals surface area contributed by atoms with E-state index in [0.29, 0.717) is 22.5 Å². The number of rotatable bonds is 7. The number of benzene rings is 1. The zero-order valence-electron chi connectivity index (χ0n) is 16.0. The summed E-state index contributed by atoms with van der Waals surface area (Å²) in [5.41, 5.74) is 1.91. The van der Waals surface area contributed by atoms with E-state index in [1.807, 2.05) is 0 Å². The second-order valence-electron chi connectivity index (χ2n) is 6.72. The Hall–Kier alpha value is -2.65. The highest BCUT2D eigenvalue weighted by Crippen LogP contribution is 2.24. The van der Waals surface area contributed by atoms with Gasteiger partial charge in [0.2, 0.25) is 10.0 Å². The Morgan fingerprint density at radius 1 is 1.25 bits per heavy atom. The van der Waals surface area contributed by atoms with Gasteiger partial charge in [0.1, 0.15) is 5.69 Å². The smallest absolute Gasteiger partial charge is 0.340 e. The predicted molar refractivity (Wildman–Crippen MR) is 104 cm³/mol. The molecule has 28 heavy (non-hydrogen) atoms. The normalized spacial score (nSPS) is 14.0. The van der Waals surface area contributed by atoms with Gasteiger partial charge in [-0.1, -0.05) is 6.07 Å². The molecule has 8 nitrogen and oxygen atoms in total. The maximum atomic E-state index is 12.7. The Morgan fingerprint density at radius 2 is 1.96 bits per heavy atom. The van der Waals surface area contributed by atoms with Crippen molar-refractivity contribution in [3.8, 4) is 0 Å². The number of hydrogen-bond acceptors (Lipinski definition) is 5. The molecular weight excluding hydrogens is 382 g/mol. The first-order valence-corrected chi connectivity index (χ1v) is 10.5. The summed E-state index contributed by atoms with van der Waals surface area (Å²) in [6, 6.07) is 6.04. The van der Waals surface area contributed by atoms with Crippen LogP contribution in [0.1, 0.15) is 51.9 Å². The first kappa shape index (κ1) is 20.1. The summed E-state index contributed by atoms with van der Waals surface area (Å²) in [7, 11) is -3.62. The number of aryl methyl sites for hydroxylation is 1. The summed E-state index contributed by atoms with van der Waals surface area (Å²) in [4.78, 5) is 27.7. The van der Waals surface area contributed by atoms with Crippen LogP contribution >= 0.6 is 0 Å². The molecule has 1 saturated carbocycles. The number of aromatic nitrogens is 1. The van der Waals surface area contributed by atoms with Gasteiger partial charge in [0.05, 0.1) is 17.1 Å². The molecule has 1 amide bonds. The zero-order chi connectivity index (χ0) is 20.5. The van der Waals surface area contributed by atoms with Gasteiger partial charge in [-0.2, -0.15) is 0 Å². The maximum Gasteiger partial charge on any atom is 0.340 e. The highest BCUT2D eigenvalue weighted by Gasteiger charge is 2.28. The molecule has 0 atom stereocenters. The molecule has 3 rings (SSSR count). The van der Waals surface area contributed by atoms with Crippen LogP contribution in [0.2, 0.25) is 0 Å². The first-order chi connectivity index (χ1) is 13.2. The molecule has 2 aromatic rings. The Balaban J connectivity index is 1.81. The number of hydrogen-bond donors (Lipinski definition) is 3. The lowest BCUT2D eigenvalue weighted by Crippen LogP contribution is -2.25. The SMILES string of the molecule is CCOC(=O)c1c(C)[nH]c(C(=O)Nc2cccc(S(=O)(=O)NC3CC3)c2)c1C. The molecule has 1 aromatic heterocycles. The minimum atomic E-state index is -3.62. The van der Waals surface area contributed by atoms with E-state index in [1.54, 1.807) is 32.9 Å². The third kappa shape index (κ3) is 4.26. The van der Waals surface area contributed by atoms with Crippen LogP contribution in [0.15, 0.2) is 29.2 Å². The Kier molecular flexibility index (Phi) is 5.57. The quantitative estimate of drug-likeness (QED) is 0.612. The van der Waals surface area contributed by atoms with E-state index in [9.17, 15) is 18.0 Å². The summed E-state index contributed by atoms with van der Waals surface area (Å²) in [5, 5.41) is 2.68. The predicted octanol–water partition coefficient (Wildman–Crippen LogP) is 2.50. The third-order valence-corrected chi connectivity index (χ3v) is 5.96. The molecule has 0 bridgehead atoms. The molecule has 1 fully saturated rings. The van der Waals surface area contributed by atoms with Gasteiger partial charge in [-0.05, 0) is 57.4 Å². The molecule has 1 aromatic carbocycles. The Labute approximate surface area is 163 Å². The number of carbonyl (C=O) groups excluding carboxylic acids is 2. The topological polar surface area (TPSA) is 117 Å². The van der Waals surface area contributed by atoms with E-state index in [-0.39, 0.29) is 23.2 Å². The molecule has 3 N–H and O–H groups in total. The van der Waals surface area contributed by atoms with Gasteiger partial charge in [0.15, 0.2) is 0 Å². The largest absolute Gasteiger partial charge is 0.462 e. The number of aromatic amines is 1. The zero-order valence-corrected chi connectivity index (χ0v) is 16.8. The molecule has 150 valence electrons. The van der Waals surface area contributed by atoms with E-state index in [1.165, 1.54) is 12.1 Å². The van der Waals surface area contributed by atoms with Crippen molar-refractivity contribution in [1.29, 1.82) is 0 Å².